The Labute approximate surface area is 188 Å². The number of nitrogens with one attached hydrogen (secondary N) is 1. The predicted octanol–water partition coefficient (Wildman–Crippen LogP) is 4.42. The molecule has 0 spiro atoms. The maximum absolute atomic E-state index is 13.0. The molecule has 1 saturated heterocycles. The number of amides is 1. The zero-order chi connectivity index (χ0) is 22.0. The Balaban J connectivity index is 1.26. The highest BCUT2D eigenvalue weighted by Crippen LogP contribution is 2.32. The van der Waals surface area contributed by atoms with Gasteiger partial charge in [0.15, 0.2) is 0 Å². The maximum atomic E-state index is 13.0. The molecule has 2 fully saturated rings. The van der Waals surface area contributed by atoms with Crippen LogP contribution in [0.3, 0.4) is 0 Å². The molecule has 2 atom stereocenters. The summed E-state index contributed by atoms with van der Waals surface area (Å²) < 4.78 is 39.6. The summed E-state index contributed by atoms with van der Waals surface area (Å²) in [5.74, 6) is 0.462. The van der Waals surface area contributed by atoms with Crippen molar-refractivity contribution in [3.05, 3.63) is 45.2 Å². The van der Waals surface area contributed by atoms with Gasteiger partial charge in [-0.15, -0.1) is 11.3 Å². The lowest BCUT2D eigenvalue weighted by molar-refractivity contribution is -0.137. The highest BCUT2D eigenvalue weighted by molar-refractivity contribution is 7.16. The lowest BCUT2D eigenvalue weighted by Gasteiger charge is -2.36. The molecule has 4 rings (SSSR count). The van der Waals surface area contributed by atoms with Crippen LogP contribution in [0.2, 0.25) is 4.34 Å². The van der Waals surface area contributed by atoms with Crippen LogP contribution in [0, 0.1) is 5.92 Å². The molecule has 0 radical (unpaired) electrons. The molecule has 2 aromatic rings. The van der Waals surface area contributed by atoms with E-state index in [0.29, 0.717) is 38.0 Å². The van der Waals surface area contributed by atoms with Gasteiger partial charge in [0.25, 0.3) is 0 Å². The van der Waals surface area contributed by atoms with E-state index in [0.717, 1.165) is 42.3 Å². The monoisotopic (exact) mass is 472 g/mol. The molecule has 0 bridgehead atoms. The van der Waals surface area contributed by atoms with Crippen molar-refractivity contribution in [2.75, 3.05) is 31.1 Å². The second-order valence-electron chi connectivity index (χ2n) is 8.01. The summed E-state index contributed by atoms with van der Waals surface area (Å²) in [5, 5.41) is 3.52. The predicted molar refractivity (Wildman–Crippen MR) is 115 cm³/mol. The van der Waals surface area contributed by atoms with Gasteiger partial charge in [0.1, 0.15) is 5.82 Å². The van der Waals surface area contributed by atoms with E-state index in [2.05, 4.69) is 10.3 Å². The molecule has 1 N–H and O–H groups in total. The van der Waals surface area contributed by atoms with E-state index in [-0.39, 0.29) is 11.8 Å². The first-order chi connectivity index (χ1) is 14.8. The summed E-state index contributed by atoms with van der Waals surface area (Å²) in [6.45, 7) is 2.71. The van der Waals surface area contributed by atoms with Crippen molar-refractivity contribution in [3.63, 3.8) is 0 Å². The first-order valence-corrected chi connectivity index (χ1v) is 11.5. The van der Waals surface area contributed by atoms with E-state index >= 15 is 0 Å². The number of hydrogen-bond donors (Lipinski definition) is 1. The van der Waals surface area contributed by atoms with Crippen LogP contribution in [-0.4, -0.2) is 48.0 Å². The Morgan fingerprint density at radius 1 is 1.19 bits per heavy atom. The van der Waals surface area contributed by atoms with Crippen LogP contribution >= 0.6 is 22.9 Å². The average molecular weight is 473 g/mol. The van der Waals surface area contributed by atoms with Crippen LogP contribution in [0.4, 0.5) is 19.0 Å². The Hall–Kier alpha value is -1.84. The molecule has 2 aromatic heterocycles. The van der Waals surface area contributed by atoms with Crippen molar-refractivity contribution in [2.24, 2.45) is 5.92 Å². The SMILES string of the molecule is O=C(C1CCC(NCc2ccc(Cl)s2)C1)N1CCN(c2cc(C(F)(F)F)ccn2)CC1. The van der Waals surface area contributed by atoms with Gasteiger partial charge in [-0.3, -0.25) is 4.79 Å². The van der Waals surface area contributed by atoms with Crippen LogP contribution in [0.5, 0.6) is 0 Å². The fourth-order valence-corrected chi connectivity index (χ4v) is 5.30. The molecule has 1 aliphatic carbocycles. The normalized spacial score (nSPS) is 22.2. The van der Waals surface area contributed by atoms with Gasteiger partial charge in [0.05, 0.1) is 9.90 Å². The molecule has 168 valence electrons. The summed E-state index contributed by atoms with van der Waals surface area (Å²) >= 11 is 7.52. The van der Waals surface area contributed by atoms with E-state index in [1.165, 1.54) is 11.1 Å². The number of anilines is 1. The lowest BCUT2D eigenvalue weighted by atomic mass is 10.1. The Morgan fingerprint density at radius 2 is 1.97 bits per heavy atom. The van der Waals surface area contributed by atoms with Gasteiger partial charge < -0.3 is 15.1 Å². The van der Waals surface area contributed by atoms with Crippen molar-refractivity contribution >= 4 is 34.7 Å². The summed E-state index contributed by atoms with van der Waals surface area (Å²) in [4.78, 5) is 21.9. The number of hydrogen-bond acceptors (Lipinski definition) is 5. The molecule has 10 heteroatoms. The number of carbonyl (C=O) groups is 1. The van der Waals surface area contributed by atoms with Gasteiger partial charge in [0, 0.05) is 55.8 Å². The van der Waals surface area contributed by atoms with Gasteiger partial charge in [-0.2, -0.15) is 13.2 Å². The number of aromatic nitrogens is 1. The van der Waals surface area contributed by atoms with Crippen molar-refractivity contribution in [1.82, 2.24) is 15.2 Å². The number of nitrogens with zero attached hydrogens (tertiary/aromatic N) is 3. The number of rotatable bonds is 5. The fraction of sp³-hybridized carbons (Fsp3) is 0.524. The van der Waals surface area contributed by atoms with Crippen LogP contribution < -0.4 is 10.2 Å². The molecule has 3 heterocycles. The zero-order valence-electron chi connectivity index (χ0n) is 16.9. The Morgan fingerprint density at radius 3 is 2.65 bits per heavy atom. The third-order valence-corrected chi connectivity index (χ3v) is 7.19. The van der Waals surface area contributed by atoms with Crippen LogP contribution in [0.15, 0.2) is 30.5 Å². The number of halogens is 4. The Kier molecular flexibility index (Phi) is 6.74. The minimum Gasteiger partial charge on any atom is -0.353 e. The van der Waals surface area contributed by atoms with Crippen LogP contribution in [0.25, 0.3) is 0 Å². The van der Waals surface area contributed by atoms with E-state index < -0.39 is 11.7 Å². The standard InChI is InChI=1S/C21H24ClF3N4OS/c22-18-4-3-17(31-18)13-27-16-2-1-14(11-16)20(30)29-9-7-28(8-10-29)19-12-15(5-6-26-19)21(23,24)25/h3-6,12,14,16,27H,1-2,7-11,13H2. The average Bonchev–Trinajstić information content (AvgIpc) is 3.40. The molecule has 1 saturated carbocycles. The summed E-state index contributed by atoms with van der Waals surface area (Å²) in [5.41, 5.74) is -0.703. The van der Waals surface area contributed by atoms with Gasteiger partial charge in [-0.1, -0.05) is 11.6 Å². The molecule has 2 unspecified atom stereocenters. The number of carbonyl (C=O) groups excluding carboxylic acids is 1. The minimum absolute atomic E-state index is 0.00246. The van der Waals surface area contributed by atoms with Gasteiger partial charge in [-0.05, 0) is 43.5 Å². The molecule has 1 amide bonds. The largest absolute Gasteiger partial charge is 0.416 e. The highest BCUT2D eigenvalue weighted by atomic mass is 35.5. The molecular weight excluding hydrogens is 449 g/mol. The summed E-state index contributed by atoms with van der Waals surface area (Å²) in [7, 11) is 0. The quantitative estimate of drug-likeness (QED) is 0.699. The first kappa shape index (κ1) is 22.4. The third-order valence-electron chi connectivity index (χ3n) is 5.96. The highest BCUT2D eigenvalue weighted by Gasteiger charge is 2.35. The second kappa shape index (κ2) is 9.34. The topological polar surface area (TPSA) is 48.5 Å². The lowest BCUT2D eigenvalue weighted by Crippen LogP contribution is -2.50. The molecule has 0 aromatic carbocycles. The van der Waals surface area contributed by atoms with Crippen molar-refractivity contribution < 1.29 is 18.0 Å². The molecule has 5 nitrogen and oxygen atoms in total. The van der Waals surface area contributed by atoms with Gasteiger partial charge in [0.2, 0.25) is 5.91 Å². The van der Waals surface area contributed by atoms with Gasteiger partial charge >= 0.3 is 6.18 Å². The van der Waals surface area contributed by atoms with E-state index in [9.17, 15) is 18.0 Å². The van der Waals surface area contributed by atoms with Crippen LogP contribution in [0.1, 0.15) is 29.7 Å². The first-order valence-electron chi connectivity index (χ1n) is 10.3. The number of alkyl halides is 3. The zero-order valence-corrected chi connectivity index (χ0v) is 18.4. The number of thiophene rings is 1. The fourth-order valence-electron chi connectivity index (χ4n) is 4.26. The van der Waals surface area contributed by atoms with E-state index in [1.54, 1.807) is 11.3 Å². The van der Waals surface area contributed by atoms with Crippen LogP contribution in [-0.2, 0) is 17.5 Å². The summed E-state index contributed by atoms with van der Waals surface area (Å²) in [6.07, 6.45) is -0.572. The van der Waals surface area contributed by atoms with Crippen molar-refractivity contribution in [3.8, 4) is 0 Å². The smallest absolute Gasteiger partial charge is 0.353 e. The van der Waals surface area contributed by atoms with Crippen molar-refractivity contribution in [1.29, 1.82) is 0 Å². The number of piperazine rings is 1. The molecule has 2 aliphatic rings. The molecule has 31 heavy (non-hydrogen) atoms. The summed E-state index contributed by atoms with van der Waals surface area (Å²) in [6, 6.07) is 6.26. The molecule has 1 aliphatic heterocycles. The van der Waals surface area contributed by atoms with E-state index in [4.69, 9.17) is 11.6 Å². The maximum Gasteiger partial charge on any atom is 0.416 e. The Bertz CT molecular complexity index is 914. The minimum atomic E-state index is -4.39. The third kappa shape index (κ3) is 5.51. The molecular formula is C21H24ClF3N4OS. The number of pyridine rings is 1. The van der Waals surface area contributed by atoms with E-state index in [1.807, 2.05) is 21.9 Å². The van der Waals surface area contributed by atoms with Gasteiger partial charge in [-0.25, -0.2) is 4.98 Å². The van der Waals surface area contributed by atoms with Crippen molar-refractivity contribution in [2.45, 2.75) is 38.0 Å². The second-order valence-corrected chi connectivity index (χ2v) is 9.81.